The quantitative estimate of drug-likeness (QED) is 0.0448. The van der Waals surface area contributed by atoms with E-state index in [0.717, 1.165) is 0 Å². The van der Waals surface area contributed by atoms with E-state index in [9.17, 15) is 115 Å². The van der Waals surface area contributed by atoms with Gasteiger partial charge in [0.2, 0.25) is 0 Å². The Bertz CT molecular complexity index is 1580. The van der Waals surface area contributed by atoms with E-state index in [1.54, 1.807) is 0 Å². The van der Waals surface area contributed by atoms with Gasteiger partial charge in [-0.1, -0.05) is 0 Å². The molecule has 0 aliphatic carbocycles. The number of alkyl halides is 20. The Morgan fingerprint density at radius 1 is 0.508 bits per heavy atom. The van der Waals surface area contributed by atoms with Crippen molar-refractivity contribution in [1.29, 1.82) is 0 Å². The molecular formula is C28H32F20O12S. The highest BCUT2D eigenvalue weighted by Crippen LogP contribution is 2.48. The fourth-order valence-electron chi connectivity index (χ4n) is 3.98. The lowest BCUT2D eigenvalue weighted by molar-refractivity contribution is -0.361. The van der Waals surface area contributed by atoms with Gasteiger partial charge >= 0.3 is 71.7 Å². The molecule has 0 aromatic carbocycles. The molecule has 0 spiro atoms. The van der Waals surface area contributed by atoms with Crippen LogP contribution >= 0.6 is 0 Å². The van der Waals surface area contributed by atoms with Gasteiger partial charge in [-0.2, -0.15) is 96.2 Å². The normalized spacial score (nSPS) is 16.9. The first-order chi connectivity index (χ1) is 26.8. The van der Waals surface area contributed by atoms with Gasteiger partial charge in [0, 0.05) is 6.92 Å². The Morgan fingerprint density at radius 3 is 1.10 bits per heavy atom. The molecule has 12 nitrogen and oxygen atoms in total. The van der Waals surface area contributed by atoms with Crippen LogP contribution in [0.1, 0.15) is 34.1 Å². The van der Waals surface area contributed by atoms with Crippen molar-refractivity contribution in [3.05, 3.63) is 0 Å². The lowest BCUT2D eigenvalue weighted by Gasteiger charge is -2.30. The number of hydrogen-bond acceptors (Lipinski definition) is 11. The minimum absolute atomic E-state index is 0.529. The first kappa shape index (κ1) is 57.8. The number of hydrogen-bond donors (Lipinski definition) is 1. The minimum Gasteiger partial charge on any atom is -0.460 e. The van der Waals surface area contributed by atoms with Crippen molar-refractivity contribution < 1.29 is 144 Å². The van der Waals surface area contributed by atoms with Gasteiger partial charge in [0.05, 0.1) is 32.2 Å². The molecule has 0 saturated carbocycles. The van der Waals surface area contributed by atoms with Crippen LogP contribution in [0.25, 0.3) is 0 Å². The van der Waals surface area contributed by atoms with Crippen molar-refractivity contribution in [3.63, 3.8) is 0 Å². The van der Waals surface area contributed by atoms with E-state index in [2.05, 4.69) is 28.4 Å². The molecule has 0 heterocycles. The third-order valence-corrected chi connectivity index (χ3v) is 8.29. The third kappa shape index (κ3) is 15.2. The van der Waals surface area contributed by atoms with Crippen molar-refractivity contribution in [2.75, 3.05) is 39.6 Å². The van der Waals surface area contributed by atoms with Crippen LogP contribution in [0, 0.1) is 5.92 Å². The van der Waals surface area contributed by atoms with Gasteiger partial charge in [-0.25, -0.2) is 0 Å². The average Bonchev–Trinajstić information content (AvgIpc) is 3.01. The lowest BCUT2D eigenvalue weighted by atomic mass is 10.0. The summed E-state index contributed by atoms with van der Waals surface area (Å²) in [7, 11) is -6.20. The molecular weight excluding hydrogens is 940 g/mol. The molecule has 0 fully saturated rings. The largest absolute Gasteiger partial charge is 0.460 e. The number of halogens is 20. The standard InChI is InChI=1S/C28H32F20O12S/c1-12(6-55-9-21(31,32)24(37,38)20(4,29)30)58-16(49)5-15(18(50)59-13(2)7-56-10-22(33,34)25(39,40)27(43,44)45)17(61(52,53)54)19(51)60-14(3)8-57-11-23(35,36)26(41,42)28(46,47)48/h12-15,17H,5-11H2,1-4H3,(H,52,53,54). The summed E-state index contributed by atoms with van der Waals surface area (Å²) in [6.07, 6.45) is -21.9. The van der Waals surface area contributed by atoms with E-state index in [1.807, 2.05) is 0 Å². The molecule has 0 aromatic rings. The maximum Gasteiger partial charge on any atom is 0.459 e. The molecule has 5 unspecified atom stereocenters. The van der Waals surface area contributed by atoms with Crippen molar-refractivity contribution in [2.45, 2.75) is 111 Å². The van der Waals surface area contributed by atoms with Crippen LogP contribution in [0.3, 0.4) is 0 Å². The second-order valence-electron chi connectivity index (χ2n) is 12.8. The zero-order chi connectivity index (χ0) is 48.8. The van der Waals surface area contributed by atoms with Crippen molar-refractivity contribution in [2.24, 2.45) is 5.92 Å². The zero-order valence-electron chi connectivity index (χ0n) is 30.7. The van der Waals surface area contributed by atoms with Crippen LogP contribution < -0.4 is 0 Å². The molecule has 0 aromatic heterocycles. The summed E-state index contributed by atoms with van der Waals surface area (Å²) in [5.41, 5.74) is 0. The van der Waals surface area contributed by atoms with E-state index in [4.69, 9.17) is 0 Å². The van der Waals surface area contributed by atoms with Gasteiger partial charge < -0.3 is 28.4 Å². The van der Waals surface area contributed by atoms with Crippen LogP contribution in [-0.2, 0) is 52.9 Å². The summed E-state index contributed by atoms with van der Waals surface area (Å²) in [5, 5.41) is -3.52. The van der Waals surface area contributed by atoms with E-state index >= 15 is 0 Å². The first-order valence-electron chi connectivity index (χ1n) is 15.9. The number of ether oxygens (including phenoxy) is 6. The second-order valence-corrected chi connectivity index (χ2v) is 14.3. The summed E-state index contributed by atoms with van der Waals surface area (Å²) in [5.74, 6) is -52.1. The molecule has 0 saturated heterocycles. The molecule has 0 rings (SSSR count). The molecule has 33 heteroatoms. The summed E-state index contributed by atoms with van der Waals surface area (Å²) < 4.78 is 321. The average molecular weight is 973 g/mol. The Morgan fingerprint density at radius 2 is 0.803 bits per heavy atom. The summed E-state index contributed by atoms with van der Waals surface area (Å²) in [4.78, 5) is 38.5. The maximum atomic E-state index is 13.7. The fraction of sp³-hybridized carbons (Fsp3) is 0.893. The molecule has 0 aliphatic heterocycles. The molecule has 0 radical (unpaired) electrons. The van der Waals surface area contributed by atoms with Crippen LogP contribution in [0.5, 0.6) is 0 Å². The second kappa shape index (κ2) is 20.1. The highest BCUT2D eigenvalue weighted by Gasteiger charge is 2.74. The van der Waals surface area contributed by atoms with Gasteiger partial charge in [-0.05, 0) is 20.8 Å². The van der Waals surface area contributed by atoms with Gasteiger partial charge in [0.1, 0.15) is 38.1 Å². The molecule has 0 amide bonds. The molecule has 1 N–H and O–H groups in total. The Labute approximate surface area is 329 Å². The first-order valence-corrected chi connectivity index (χ1v) is 17.4. The van der Waals surface area contributed by atoms with E-state index < -0.39 is 164 Å². The summed E-state index contributed by atoms with van der Waals surface area (Å²) in [6.45, 7) is -11.4. The molecule has 5 atom stereocenters. The number of carbonyl (C=O) groups excluding carboxylic acids is 3. The predicted molar refractivity (Wildman–Crippen MR) is 155 cm³/mol. The van der Waals surface area contributed by atoms with Crippen molar-refractivity contribution in [3.8, 4) is 0 Å². The topological polar surface area (TPSA) is 161 Å². The number of rotatable bonds is 25. The summed E-state index contributed by atoms with van der Waals surface area (Å²) in [6, 6.07) is 0. The fourth-order valence-corrected chi connectivity index (χ4v) is 4.90. The van der Waals surface area contributed by atoms with Crippen LogP contribution in [0.15, 0.2) is 0 Å². The van der Waals surface area contributed by atoms with E-state index in [-0.39, 0.29) is 0 Å². The van der Waals surface area contributed by atoms with Crippen LogP contribution in [0.2, 0.25) is 0 Å². The predicted octanol–water partition coefficient (Wildman–Crippen LogP) is 6.69. The van der Waals surface area contributed by atoms with Gasteiger partial charge in [-0.3, -0.25) is 18.9 Å². The summed E-state index contributed by atoms with van der Waals surface area (Å²) >= 11 is 0. The van der Waals surface area contributed by atoms with E-state index in [1.165, 1.54) is 0 Å². The minimum atomic E-state index is -6.83. The SMILES string of the molecule is CC(COCC(F)(F)C(F)(F)C(C)(F)F)OC(=O)CC(C(=O)OC(C)COCC(F)(F)C(F)(F)C(F)(F)F)C(C(=O)OC(C)COCC(F)(F)C(F)(F)C(F)(F)F)S(=O)(=O)O. The maximum absolute atomic E-state index is 13.7. The van der Waals surface area contributed by atoms with Crippen molar-refractivity contribution in [1.82, 2.24) is 0 Å². The van der Waals surface area contributed by atoms with Crippen LogP contribution in [0.4, 0.5) is 87.8 Å². The monoisotopic (exact) mass is 972 g/mol. The van der Waals surface area contributed by atoms with Crippen LogP contribution in [-0.4, -0.2) is 148 Å². The highest BCUT2D eigenvalue weighted by molar-refractivity contribution is 7.87. The lowest BCUT2D eigenvalue weighted by Crippen LogP contribution is -2.55. The Hall–Kier alpha value is -3.20. The van der Waals surface area contributed by atoms with Crippen molar-refractivity contribution >= 4 is 28.0 Å². The van der Waals surface area contributed by atoms with Gasteiger partial charge in [0.25, 0.3) is 10.1 Å². The molecule has 61 heavy (non-hydrogen) atoms. The molecule has 362 valence electrons. The van der Waals surface area contributed by atoms with E-state index in [0.29, 0.717) is 20.8 Å². The highest BCUT2D eigenvalue weighted by atomic mass is 32.2. The Balaban J connectivity index is 6.34. The van der Waals surface area contributed by atoms with Gasteiger partial charge in [-0.15, -0.1) is 0 Å². The molecule has 0 bridgehead atoms. The van der Waals surface area contributed by atoms with Gasteiger partial charge in [0.15, 0.2) is 5.25 Å². The molecule has 0 aliphatic rings. The smallest absolute Gasteiger partial charge is 0.459 e. The third-order valence-electron chi connectivity index (χ3n) is 7.12. The Kier molecular flexibility index (Phi) is 19.0. The zero-order valence-corrected chi connectivity index (χ0v) is 31.6. The number of carbonyl (C=O) groups is 3. The number of esters is 3.